The summed E-state index contributed by atoms with van der Waals surface area (Å²) in [4.78, 5) is 0. The Hall–Kier alpha value is -1.78. The summed E-state index contributed by atoms with van der Waals surface area (Å²) in [6.45, 7) is 2.72. The largest absolute Gasteiger partial charge is 0.496 e. The quantitative estimate of drug-likeness (QED) is 0.815. The lowest BCUT2D eigenvalue weighted by Crippen LogP contribution is -2.27. The highest BCUT2D eigenvalue weighted by Gasteiger charge is 2.08. The van der Waals surface area contributed by atoms with Gasteiger partial charge in [0.2, 0.25) is 0 Å². The van der Waals surface area contributed by atoms with Crippen LogP contribution in [0.15, 0.2) is 40.8 Å². The van der Waals surface area contributed by atoms with Gasteiger partial charge in [-0.3, -0.25) is 0 Å². The Labute approximate surface area is 119 Å². The molecule has 0 aliphatic carbocycles. The highest BCUT2D eigenvalue weighted by atomic mass is 16.5. The van der Waals surface area contributed by atoms with E-state index >= 15 is 0 Å². The van der Waals surface area contributed by atoms with Gasteiger partial charge in [0, 0.05) is 6.04 Å². The summed E-state index contributed by atoms with van der Waals surface area (Å²) >= 11 is 0. The minimum absolute atomic E-state index is 0.0588. The van der Waals surface area contributed by atoms with Crippen LogP contribution < -0.4 is 10.1 Å². The van der Waals surface area contributed by atoms with Gasteiger partial charge in [-0.25, -0.2) is 0 Å². The summed E-state index contributed by atoms with van der Waals surface area (Å²) in [5, 5.41) is 12.4. The molecule has 0 radical (unpaired) electrons. The molecule has 0 saturated carbocycles. The van der Waals surface area contributed by atoms with Gasteiger partial charge >= 0.3 is 0 Å². The smallest absolute Gasteiger partial charge is 0.129 e. The van der Waals surface area contributed by atoms with E-state index in [1.807, 2.05) is 24.3 Å². The molecule has 0 amide bonds. The lowest BCUT2D eigenvalue weighted by atomic mass is 10.1. The molecule has 108 valence electrons. The van der Waals surface area contributed by atoms with Crippen molar-refractivity contribution in [3.05, 3.63) is 53.5 Å². The normalized spacial score (nSPS) is 12.3. The van der Waals surface area contributed by atoms with E-state index in [1.165, 1.54) is 5.56 Å². The molecule has 1 aromatic carbocycles. The van der Waals surface area contributed by atoms with Gasteiger partial charge in [0.1, 0.15) is 23.9 Å². The average molecular weight is 275 g/mol. The van der Waals surface area contributed by atoms with Crippen LogP contribution in [0, 0.1) is 0 Å². The molecule has 1 atom stereocenters. The van der Waals surface area contributed by atoms with E-state index in [-0.39, 0.29) is 6.61 Å². The summed E-state index contributed by atoms with van der Waals surface area (Å²) in [6.07, 6.45) is 0.886. The van der Waals surface area contributed by atoms with Crippen molar-refractivity contribution in [3.8, 4) is 5.75 Å². The molecule has 20 heavy (non-hydrogen) atoms. The van der Waals surface area contributed by atoms with Gasteiger partial charge < -0.3 is 19.6 Å². The van der Waals surface area contributed by atoms with Gasteiger partial charge in [-0.1, -0.05) is 18.2 Å². The summed E-state index contributed by atoms with van der Waals surface area (Å²) in [6, 6.07) is 12.0. The van der Waals surface area contributed by atoms with Crippen LogP contribution in [0.25, 0.3) is 0 Å². The maximum absolute atomic E-state index is 8.95. The van der Waals surface area contributed by atoms with Crippen LogP contribution in [-0.4, -0.2) is 18.3 Å². The molecule has 4 nitrogen and oxygen atoms in total. The molecule has 2 aromatic rings. The number of hydrogen-bond donors (Lipinski definition) is 2. The monoisotopic (exact) mass is 275 g/mol. The average Bonchev–Trinajstić information content (AvgIpc) is 2.94. The van der Waals surface area contributed by atoms with E-state index in [0.29, 0.717) is 18.3 Å². The highest BCUT2D eigenvalue weighted by Crippen LogP contribution is 2.19. The summed E-state index contributed by atoms with van der Waals surface area (Å²) in [5.41, 5.74) is 1.19. The SMILES string of the molecule is COc1ccccc1CC(C)NCc1ccc(CO)o1. The van der Waals surface area contributed by atoms with Crippen molar-refractivity contribution in [2.24, 2.45) is 0 Å². The predicted molar refractivity (Wildman–Crippen MR) is 77.6 cm³/mol. The number of ether oxygens (including phenoxy) is 1. The Balaban J connectivity index is 1.87. The van der Waals surface area contributed by atoms with Crippen molar-refractivity contribution in [1.29, 1.82) is 0 Å². The van der Waals surface area contributed by atoms with Crippen molar-refractivity contribution >= 4 is 0 Å². The number of furan rings is 1. The number of benzene rings is 1. The number of rotatable bonds is 7. The molecule has 2 N–H and O–H groups in total. The van der Waals surface area contributed by atoms with Crippen molar-refractivity contribution < 1.29 is 14.3 Å². The number of para-hydroxylation sites is 1. The topological polar surface area (TPSA) is 54.6 Å². The molecule has 1 heterocycles. The number of aliphatic hydroxyl groups is 1. The van der Waals surface area contributed by atoms with Gasteiger partial charge in [-0.15, -0.1) is 0 Å². The molecule has 2 rings (SSSR count). The van der Waals surface area contributed by atoms with E-state index in [2.05, 4.69) is 18.3 Å². The number of hydrogen-bond acceptors (Lipinski definition) is 4. The Morgan fingerprint density at radius 2 is 1.95 bits per heavy atom. The van der Waals surface area contributed by atoms with Crippen LogP contribution >= 0.6 is 0 Å². The molecule has 0 saturated heterocycles. The molecule has 0 fully saturated rings. The number of aliphatic hydroxyl groups excluding tert-OH is 1. The zero-order valence-corrected chi connectivity index (χ0v) is 11.9. The Morgan fingerprint density at radius 1 is 1.20 bits per heavy atom. The summed E-state index contributed by atoms with van der Waals surface area (Å²) in [5.74, 6) is 2.35. The fourth-order valence-electron chi connectivity index (χ4n) is 2.15. The fourth-order valence-corrected chi connectivity index (χ4v) is 2.15. The van der Waals surface area contributed by atoms with Gasteiger partial charge in [-0.2, -0.15) is 0 Å². The third-order valence-corrected chi connectivity index (χ3v) is 3.22. The maximum Gasteiger partial charge on any atom is 0.129 e. The van der Waals surface area contributed by atoms with Crippen LogP contribution in [0.3, 0.4) is 0 Å². The van der Waals surface area contributed by atoms with Gasteiger partial charge in [0.05, 0.1) is 13.7 Å². The fraction of sp³-hybridized carbons (Fsp3) is 0.375. The second-order valence-electron chi connectivity index (χ2n) is 4.82. The predicted octanol–water partition coefficient (Wildman–Crippen LogP) is 2.50. The lowest BCUT2D eigenvalue weighted by molar-refractivity contribution is 0.242. The van der Waals surface area contributed by atoms with Crippen molar-refractivity contribution in [1.82, 2.24) is 5.32 Å². The van der Waals surface area contributed by atoms with E-state index in [4.69, 9.17) is 14.3 Å². The minimum atomic E-state index is -0.0588. The molecule has 1 aromatic heterocycles. The van der Waals surface area contributed by atoms with Crippen molar-refractivity contribution in [2.75, 3.05) is 7.11 Å². The molecule has 0 spiro atoms. The Bertz CT molecular complexity index is 536. The van der Waals surface area contributed by atoms with E-state index < -0.39 is 0 Å². The molecule has 1 unspecified atom stereocenters. The van der Waals surface area contributed by atoms with Crippen LogP contribution in [0.1, 0.15) is 24.0 Å². The van der Waals surface area contributed by atoms with E-state index in [1.54, 1.807) is 13.2 Å². The molecule has 0 aliphatic rings. The number of methoxy groups -OCH3 is 1. The molecular weight excluding hydrogens is 254 g/mol. The third-order valence-electron chi connectivity index (χ3n) is 3.22. The zero-order valence-electron chi connectivity index (χ0n) is 11.9. The summed E-state index contributed by atoms with van der Waals surface area (Å²) < 4.78 is 10.8. The van der Waals surface area contributed by atoms with Crippen LogP contribution in [0.2, 0.25) is 0 Å². The first-order valence-corrected chi connectivity index (χ1v) is 6.76. The Morgan fingerprint density at radius 3 is 2.65 bits per heavy atom. The molecular formula is C16H21NO3. The Kier molecular flexibility index (Phi) is 5.21. The lowest BCUT2D eigenvalue weighted by Gasteiger charge is -2.15. The van der Waals surface area contributed by atoms with Crippen molar-refractivity contribution in [3.63, 3.8) is 0 Å². The first-order valence-electron chi connectivity index (χ1n) is 6.76. The van der Waals surface area contributed by atoms with E-state index in [0.717, 1.165) is 17.9 Å². The standard InChI is InChI=1S/C16H21NO3/c1-12(9-13-5-3-4-6-16(13)19-2)17-10-14-7-8-15(11-18)20-14/h3-8,12,17-18H,9-11H2,1-2H3. The third kappa shape index (κ3) is 3.85. The molecule has 0 aliphatic heterocycles. The van der Waals surface area contributed by atoms with Gasteiger partial charge in [0.25, 0.3) is 0 Å². The second-order valence-corrected chi connectivity index (χ2v) is 4.82. The first-order chi connectivity index (χ1) is 9.72. The van der Waals surface area contributed by atoms with E-state index in [9.17, 15) is 0 Å². The van der Waals surface area contributed by atoms with Crippen LogP contribution in [0.4, 0.5) is 0 Å². The first kappa shape index (κ1) is 14.6. The minimum Gasteiger partial charge on any atom is -0.496 e. The molecule has 0 bridgehead atoms. The second kappa shape index (κ2) is 7.12. The van der Waals surface area contributed by atoms with Crippen molar-refractivity contribution in [2.45, 2.75) is 32.5 Å². The van der Waals surface area contributed by atoms with Crippen LogP contribution in [-0.2, 0) is 19.6 Å². The number of nitrogens with one attached hydrogen (secondary N) is 1. The van der Waals surface area contributed by atoms with Gasteiger partial charge in [-0.05, 0) is 37.1 Å². The molecule has 4 heteroatoms. The zero-order chi connectivity index (χ0) is 14.4. The van der Waals surface area contributed by atoms with Crippen LogP contribution in [0.5, 0.6) is 5.75 Å². The summed E-state index contributed by atoms with van der Waals surface area (Å²) in [7, 11) is 1.69. The van der Waals surface area contributed by atoms with Gasteiger partial charge in [0.15, 0.2) is 0 Å². The maximum atomic E-state index is 8.95. The highest BCUT2D eigenvalue weighted by molar-refractivity contribution is 5.33.